The molecule has 0 spiro atoms. The summed E-state index contributed by atoms with van der Waals surface area (Å²) in [6.45, 7) is 0. The van der Waals surface area contributed by atoms with Crippen LogP contribution in [0.3, 0.4) is 0 Å². The lowest BCUT2D eigenvalue weighted by Crippen LogP contribution is -2.47. The van der Waals surface area contributed by atoms with E-state index < -0.39 is 0 Å². The maximum atomic E-state index is 12.8. The molecule has 2 atom stereocenters. The van der Waals surface area contributed by atoms with Crippen LogP contribution in [0.1, 0.15) is 43.7 Å². The predicted octanol–water partition coefficient (Wildman–Crippen LogP) is 3.26. The zero-order chi connectivity index (χ0) is 16.5. The number of rotatable bonds is 4. The molecule has 24 heavy (non-hydrogen) atoms. The van der Waals surface area contributed by atoms with Gasteiger partial charge in [0.1, 0.15) is 12.7 Å². The second-order valence-electron chi connectivity index (χ2n) is 6.82. The van der Waals surface area contributed by atoms with Crippen LogP contribution in [0.15, 0.2) is 36.9 Å². The first-order chi connectivity index (χ1) is 11.7. The van der Waals surface area contributed by atoms with Gasteiger partial charge in [-0.15, -0.1) is 0 Å². The smallest absolute Gasteiger partial charge is 0.223 e. The molecular weight excluding hydrogens is 324 g/mol. The van der Waals surface area contributed by atoms with E-state index in [-0.39, 0.29) is 5.91 Å². The van der Waals surface area contributed by atoms with Gasteiger partial charge >= 0.3 is 0 Å². The monoisotopic (exact) mass is 344 g/mol. The summed E-state index contributed by atoms with van der Waals surface area (Å²) in [5.41, 5.74) is 1.13. The third-order valence-corrected chi connectivity index (χ3v) is 5.56. The molecule has 2 unspecified atom stereocenters. The average molecular weight is 345 g/mol. The number of halogens is 1. The first kappa shape index (κ1) is 15.6. The van der Waals surface area contributed by atoms with Crippen molar-refractivity contribution in [2.24, 2.45) is 0 Å². The summed E-state index contributed by atoms with van der Waals surface area (Å²) >= 11 is 6.02. The van der Waals surface area contributed by atoms with Gasteiger partial charge in [-0.1, -0.05) is 23.7 Å². The number of amides is 1. The van der Waals surface area contributed by atoms with E-state index in [9.17, 15) is 4.79 Å². The van der Waals surface area contributed by atoms with Crippen molar-refractivity contribution in [1.82, 2.24) is 19.7 Å². The van der Waals surface area contributed by atoms with Gasteiger partial charge in [0.15, 0.2) is 0 Å². The summed E-state index contributed by atoms with van der Waals surface area (Å²) < 4.78 is 1.96. The summed E-state index contributed by atoms with van der Waals surface area (Å²) in [5.74, 6) is 0.277. The highest BCUT2D eigenvalue weighted by molar-refractivity contribution is 6.30. The maximum Gasteiger partial charge on any atom is 0.223 e. The van der Waals surface area contributed by atoms with Crippen molar-refractivity contribution < 1.29 is 4.79 Å². The van der Waals surface area contributed by atoms with Crippen LogP contribution in [-0.4, -0.2) is 37.7 Å². The SMILES string of the molecule is O=C(CCc1cccc(Cl)c1)N1C2CCC1CC(n1cncn1)C2. The minimum Gasteiger partial charge on any atom is -0.337 e. The van der Waals surface area contributed by atoms with Crippen LogP contribution in [0.4, 0.5) is 0 Å². The summed E-state index contributed by atoms with van der Waals surface area (Å²) in [7, 11) is 0. The minimum absolute atomic E-state index is 0.277. The lowest BCUT2D eigenvalue weighted by molar-refractivity contribution is -0.136. The van der Waals surface area contributed by atoms with Crippen molar-refractivity contribution in [3.63, 3.8) is 0 Å². The van der Waals surface area contributed by atoms with Crippen molar-refractivity contribution in [3.05, 3.63) is 47.5 Å². The summed E-state index contributed by atoms with van der Waals surface area (Å²) in [6.07, 6.45) is 8.89. The van der Waals surface area contributed by atoms with Crippen LogP contribution in [-0.2, 0) is 11.2 Å². The molecule has 0 radical (unpaired) electrons. The lowest BCUT2D eigenvalue weighted by atomic mass is 9.96. The molecule has 0 aliphatic carbocycles. The Morgan fingerprint density at radius 1 is 1.21 bits per heavy atom. The van der Waals surface area contributed by atoms with Crippen molar-refractivity contribution in [1.29, 1.82) is 0 Å². The minimum atomic E-state index is 0.277. The van der Waals surface area contributed by atoms with E-state index >= 15 is 0 Å². The first-order valence-corrected chi connectivity index (χ1v) is 8.98. The molecule has 126 valence electrons. The van der Waals surface area contributed by atoms with Crippen molar-refractivity contribution in [3.8, 4) is 0 Å². The Labute approximate surface area is 146 Å². The molecule has 1 aromatic carbocycles. The Kier molecular flexibility index (Phi) is 4.27. The van der Waals surface area contributed by atoms with E-state index in [1.807, 2.05) is 28.9 Å². The van der Waals surface area contributed by atoms with Crippen LogP contribution in [0, 0.1) is 0 Å². The maximum absolute atomic E-state index is 12.8. The number of hydrogen-bond donors (Lipinski definition) is 0. The number of benzene rings is 1. The van der Waals surface area contributed by atoms with Gasteiger partial charge in [-0.05, 0) is 49.8 Å². The van der Waals surface area contributed by atoms with Crippen LogP contribution >= 0.6 is 11.6 Å². The van der Waals surface area contributed by atoms with Gasteiger partial charge in [0.25, 0.3) is 0 Å². The summed E-state index contributed by atoms with van der Waals surface area (Å²) in [5, 5.41) is 5.01. The Morgan fingerprint density at radius 2 is 2.00 bits per heavy atom. The molecular formula is C18H21ClN4O. The van der Waals surface area contributed by atoms with Gasteiger partial charge in [0.05, 0.1) is 6.04 Å². The predicted molar refractivity (Wildman–Crippen MR) is 91.7 cm³/mol. The Bertz CT molecular complexity index is 704. The molecule has 6 heteroatoms. The van der Waals surface area contributed by atoms with Crippen LogP contribution in [0.5, 0.6) is 0 Å². The second kappa shape index (κ2) is 6.55. The molecule has 2 aromatic rings. The number of hydrogen-bond acceptors (Lipinski definition) is 3. The number of aromatic nitrogens is 3. The average Bonchev–Trinajstić information content (AvgIpc) is 3.20. The van der Waals surface area contributed by atoms with Gasteiger partial charge in [0, 0.05) is 23.5 Å². The normalized spacial score (nSPS) is 25.9. The Morgan fingerprint density at radius 3 is 2.67 bits per heavy atom. The number of carbonyl (C=O) groups excluding carboxylic acids is 1. The molecule has 2 aliphatic heterocycles. The fourth-order valence-corrected chi connectivity index (χ4v) is 4.46. The fraction of sp³-hybridized carbons (Fsp3) is 0.500. The quantitative estimate of drug-likeness (QED) is 0.855. The summed E-state index contributed by atoms with van der Waals surface area (Å²) in [6, 6.07) is 8.86. The lowest BCUT2D eigenvalue weighted by Gasteiger charge is -2.39. The largest absolute Gasteiger partial charge is 0.337 e. The molecule has 3 heterocycles. The number of nitrogens with zero attached hydrogens (tertiary/aromatic N) is 4. The van der Waals surface area contributed by atoms with E-state index in [0.717, 1.165) is 42.7 Å². The molecule has 2 fully saturated rings. The van der Waals surface area contributed by atoms with Crippen LogP contribution < -0.4 is 0 Å². The number of piperidine rings is 1. The number of carbonyl (C=O) groups is 1. The number of fused-ring (bicyclic) bond motifs is 2. The van der Waals surface area contributed by atoms with E-state index in [2.05, 4.69) is 15.0 Å². The fourth-order valence-electron chi connectivity index (χ4n) is 4.25. The van der Waals surface area contributed by atoms with Crippen LogP contribution in [0.25, 0.3) is 0 Å². The van der Waals surface area contributed by atoms with E-state index in [1.165, 1.54) is 0 Å². The molecule has 2 bridgehead atoms. The standard InChI is InChI=1S/C18H21ClN4O/c19-14-3-1-2-13(8-14)4-7-18(24)23-15-5-6-16(23)10-17(9-15)22-12-20-11-21-22/h1-3,8,11-12,15-17H,4-7,9-10H2. The topological polar surface area (TPSA) is 51.0 Å². The highest BCUT2D eigenvalue weighted by Gasteiger charge is 2.43. The molecule has 1 aromatic heterocycles. The molecule has 2 saturated heterocycles. The molecule has 0 saturated carbocycles. The van der Waals surface area contributed by atoms with Crippen molar-refractivity contribution in [2.75, 3.05) is 0 Å². The zero-order valence-corrected chi connectivity index (χ0v) is 14.3. The molecule has 2 aliphatic rings. The third-order valence-electron chi connectivity index (χ3n) is 5.32. The van der Waals surface area contributed by atoms with Crippen molar-refractivity contribution in [2.45, 2.75) is 56.7 Å². The van der Waals surface area contributed by atoms with Gasteiger partial charge in [-0.25, -0.2) is 9.67 Å². The molecule has 1 amide bonds. The van der Waals surface area contributed by atoms with E-state index in [0.29, 0.717) is 24.5 Å². The van der Waals surface area contributed by atoms with E-state index in [4.69, 9.17) is 11.6 Å². The highest BCUT2D eigenvalue weighted by Crippen LogP contribution is 2.40. The van der Waals surface area contributed by atoms with Gasteiger partial charge < -0.3 is 4.90 Å². The Balaban J connectivity index is 1.39. The van der Waals surface area contributed by atoms with Gasteiger partial charge in [-0.3, -0.25) is 4.79 Å². The highest BCUT2D eigenvalue weighted by atomic mass is 35.5. The number of aryl methyl sites for hydroxylation is 1. The molecule has 0 N–H and O–H groups in total. The molecule has 5 nitrogen and oxygen atoms in total. The second-order valence-corrected chi connectivity index (χ2v) is 7.25. The summed E-state index contributed by atoms with van der Waals surface area (Å²) in [4.78, 5) is 19.0. The first-order valence-electron chi connectivity index (χ1n) is 8.60. The van der Waals surface area contributed by atoms with Gasteiger partial charge in [0.2, 0.25) is 5.91 Å². The molecule has 4 rings (SSSR count). The third kappa shape index (κ3) is 3.05. The van der Waals surface area contributed by atoms with Crippen LogP contribution in [0.2, 0.25) is 5.02 Å². The van der Waals surface area contributed by atoms with E-state index in [1.54, 1.807) is 12.7 Å². The Hall–Kier alpha value is -1.88. The van der Waals surface area contributed by atoms with Gasteiger partial charge in [-0.2, -0.15) is 5.10 Å². The zero-order valence-electron chi connectivity index (χ0n) is 13.5. The van der Waals surface area contributed by atoms with Crippen molar-refractivity contribution >= 4 is 17.5 Å².